The van der Waals surface area contributed by atoms with Crippen LogP contribution in [0.2, 0.25) is 0 Å². The van der Waals surface area contributed by atoms with Crippen LogP contribution in [-0.4, -0.2) is 0 Å². The van der Waals surface area contributed by atoms with Crippen LogP contribution in [0.3, 0.4) is 0 Å². The van der Waals surface area contributed by atoms with E-state index in [1.165, 1.54) is 23.4 Å². The van der Waals surface area contributed by atoms with Crippen LogP contribution in [0.15, 0.2) is 22.2 Å². The molecule has 0 aromatic rings. The quantitative estimate of drug-likeness (QED) is 0.658. The topological polar surface area (TPSA) is 12.0 Å². The van der Waals surface area contributed by atoms with Crippen molar-refractivity contribution in [3.05, 3.63) is 22.2 Å². The highest BCUT2D eigenvalue weighted by Gasteiger charge is 2.02. The minimum Gasteiger partial charge on any atom is -0.364 e. The van der Waals surface area contributed by atoms with Crippen molar-refractivity contribution in [2.45, 2.75) is 26.7 Å². The van der Waals surface area contributed by atoms with Crippen LogP contribution in [0.4, 0.5) is 0 Å². The summed E-state index contributed by atoms with van der Waals surface area (Å²) in [6.07, 6.45) is 4.42. The molecule has 1 N–H and O–H groups in total. The van der Waals surface area contributed by atoms with E-state index in [-0.39, 0.29) is 0 Å². The van der Waals surface area contributed by atoms with Crippen LogP contribution in [0.1, 0.15) is 26.7 Å². The van der Waals surface area contributed by atoms with E-state index in [4.69, 9.17) is 0 Å². The van der Waals surface area contributed by atoms with Gasteiger partial charge in [0.1, 0.15) is 0 Å². The predicted molar refractivity (Wildman–Crippen MR) is 47.5 cm³/mol. The molecule has 1 heterocycles. The van der Waals surface area contributed by atoms with Gasteiger partial charge in [-0.3, -0.25) is 0 Å². The molecule has 0 aliphatic carbocycles. The summed E-state index contributed by atoms with van der Waals surface area (Å²) in [7, 11) is 0. The number of hydrogen-bond donors (Lipinski definition) is 1. The first-order valence-electron chi connectivity index (χ1n) is 3.62. The van der Waals surface area contributed by atoms with Crippen LogP contribution in [-0.2, 0) is 0 Å². The maximum atomic E-state index is 3.20. The van der Waals surface area contributed by atoms with Crippen LogP contribution in [0.5, 0.6) is 0 Å². The molecule has 0 radical (unpaired) electrons. The summed E-state index contributed by atoms with van der Waals surface area (Å²) < 4.78 is 0. The molecule has 1 aliphatic rings. The Morgan fingerprint density at radius 2 is 2.40 bits per heavy atom. The second-order valence-electron chi connectivity index (χ2n) is 2.36. The molecule has 0 bridgehead atoms. The highest BCUT2D eigenvalue weighted by molar-refractivity contribution is 8.05. The van der Waals surface area contributed by atoms with Crippen molar-refractivity contribution in [1.29, 1.82) is 0 Å². The first-order valence-corrected chi connectivity index (χ1v) is 4.50. The minimum absolute atomic E-state index is 1.20. The van der Waals surface area contributed by atoms with E-state index in [2.05, 4.69) is 24.6 Å². The Bertz CT molecular complexity index is 170. The van der Waals surface area contributed by atoms with Gasteiger partial charge < -0.3 is 5.32 Å². The van der Waals surface area contributed by atoms with E-state index >= 15 is 0 Å². The second-order valence-corrected chi connectivity index (χ2v) is 3.36. The fraction of sp³-hybridized carbons (Fsp3) is 0.500. The van der Waals surface area contributed by atoms with Gasteiger partial charge in [0, 0.05) is 16.8 Å². The maximum Gasteiger partial charge on any atom is 0.0215 e. The normalized spacial score (nSPS) is 17.4. The van der Waals surface area contributed by atoms with Crippen LogP contribution in [0, 0.1) is 0 Å². The van der Waals surface area contributed by atoms with Crippen molar-refractivity contribution in [1.82, 2.24) is 5.32 Å². The number of rotatable bonds is 2. The Hall–Kier alpha value is -0.370. The van der Waals surface area contributed by atoms with Gasteiger partial charge in [0.2, 0.25) is 0 Å². The molecule has 0 aromatic heterocycles. The van der Waals surface area contributed by atoms with Gasteiger partial charge in [-0.05, 0) is 18.8 Å². The van der Waals surface area contributed by atoms with E-state index in [0.717, 1.165) is 0 Å². The molecule has 0 atom stereocenters. The summed E-state index contributed by atoms with van der Waals surface area (Å²) in [4.78, 5) is 1.48. The van der Waals surface area contributed by atoms with E-state index in [0.29, 0.717) is 0 Å². The highest BCUT2D eigenvalue weighted by atomic mass is 32.2. The molecule has 0 saturated carbocycles. The van der Waals surface area contributed by atoms with Gasteiger partial charge in [-0.2, -0.15) is 0 Å². The molecule has 2 heteroatoms. The summed E-state index contributed by atoms with van der Waals surface area (Å²) in [5.74, 6) is 0. The number of allylic oxidation sites excluding steroid dienone is 2. The lowest BCUT2D eigenvalue weighted by molar-refractivity contribution is 0.909. The molecule has 10 heavy (non-hydrogen) atoms. The molecular weight excluding hydrogens is 142 g/mol. The van der Waals surface area contributed by atoms with Crippen molar-refractivity contribution < 1.29 is 0 Å². The van der Waals surface area contributed by atoms with Gasteiger partial charge in [0.25, 0.3) is 0 Å². The minimum atomic E-state index is 1.20. The molecule has 0 spiro atoms. The third kappa shape index (κ3) is 1.81. The van der Waals surface area contributed by atoms with Crippen molar-refractivity contribution in [3.63, 3.8) is 0 Å². The first kappa shape index (κ1) is 7.73. The molecule has 1 nitrogen and oxygen atoms in total. The zero-order valence-corrected chi connectivity index (χ0v) is 7.29. The van der Waals surface area contributed by atoms with Crippen molar-refractivity contribution in [2.24, 2.45) is 0 Å². The molecule has 0 saturated heterocycles. The molecule has 0 amide bonds. The van der Waals surface area contributed by atoms with Gasteiger partial charge in [-0.25, -0.2) is 0 Å². The Morgan fingerprint density at radius 1 is 1.60 bits per heavy atom. The van der Waals surface area contributed by atoms with Gasteiger partial charge in [0.05, 0.1) is 0 Å². The average Bonchev–Trinajstić information content (AvgIpc) is 1.94. The molecule has 0 aromatic carbocycles. The number of nitrogens with one attached hydrogen (secondary N) is 1. The first-order chi connectivity index (χ1) is 4.84. The van der Waals surface area contributed by atoms with Crippen LogP contribution >= 0.6 is 11.8 Å². The molecule has 1 aliphatic heterocycles. The Balaban J connectivity index is 2.53. The maximum absolute atomic E-state index is 3.20. The van der Waals surface area contributed by atoms with Crippen molar-refractivity contribution in [3.8, 4) is 0 Å². The van der Waals surface area contributed by atoms with Crippen molar-refractivity contribution >= 4 is 11.8 Å². The highest BCUT2D eigenvalue weighted by Crippen LogP contribution is 2.26. The van der Waals surface area contributed by atoms with Gasteiger partial charge >= 0.3 is 0 Å². The lowest BCUT2D eigenvalue weighted by Crippen LogP contribution is -2.06. The number of hydrogen-bond acceptors (Lipinski definition) is 2. The Morgan fingerprint density at radius 3 is 3.00 bits per heavy atom. The summed E-state index contributed by atoms with van der Waals surface area (Å²) in [6, 6.07) is 0. The van der Waals surface area contributed by atoms with E-state index < -0.39 is 0 Å². The SMILES string of the molecule is CCCC1=C(C)NC=CS1. The average molecular weight is 155 g/mol. The summed E-state index contributed by atoms with van der Waals surface area (Å²) in [6.45, 7) is 4.33. The third-order valence-corrected chi connectivity index (χ3v) is 2.54. The zero-order chi connectivity index (χ0) is 7.40. The molecule has 56 valence electrons. The lowest BCUT2D eigenvalue weighted by Gasteiger charge is -2.12. The Kier molecular flexibility index (Phi) is 2.87. The van der Waals surface area contributed by atoms with Gasteiger partial charge in [-0.1, -0.05) is 25.1 Å². The fourth-order valence-electron chi connectivity index (χ4n) is 0.918. The number of thioether (sulfide) groups is 1. The summed E-state index contributed by atoms with van der Waals surface area (Å²) in [5.41, 5.74) is 1.31. The second kappa shape index (κ2) is 3.71. The molecule has 0 fully saturated rings. The fourth-order valence-corrected chi connectivity index (χ4v) is 1.78. The zero-order valence-electron chi connectivity index (χ0n) is 6.48. The molecule has 0 unspecified atom stereocenters. The molecular formula is C8H13NS. The standard InChI is InChI=1S/C8H13NS/c1-3-4-8-7(2)9-5-6-10-8/h5-6,9H,3-4H2,1-2H3. The van der Waals surface area contributed by atoms with Gasteiger partial charge in [-0.15, -0.1) is 0 Å². The monoisotopic (exact) mass is 155 g/mol. The van der Waals surface area contributed by atoms with E-state index in [1.807, 2.05) is 18.0 Å². The van der Waals surface area contributed by atoms with Crippen LogP contribution in [0.25, 0.3) is 0 Å². The lowest BCUT2D eigenvalue weighted by atomic mass is 10.3. The van der Waals surface area contributed by atoms with E-state index in [1.54, 1.807) is 0 Å². The van der Waals surface area contributed by atoms with E-state index in [9.17, 15) is 0 Å². The van der Waals surface area contributed by atoms with Gasteiger partial charge in [0.15, 0.2) is 0 Å². The largest absolute Gasteiger partial charge is 0.364 e. The summed E-state index contributed by atoms with van der Waals surface area (Å²) >= 11 is 1.83. The van der Waals surface area contributed by atoms with Crippen LogP contribution < -0.4 is 5.32 Å². The Labute approximate surface area is 66.6 Å². The van der Waals surface area contributed by atoms with Crippen molar-refractivity contribution in [2.75, 3.05) is 0 Å². The molecule has 1 rings (SSSR count). The smallest absolute Gasteiger partial charge is 0.0215 e. The summed E-state index contributed by atoms with van der Waals surface area (Å²) in [5, 5.41) is 5.29. The third-order valence-electron chi connectivity index (χ3n) is 1.47. The predicted octanol–water partition coefficient (Wildman–Crippen LogP) is 2.83.